The molecule has 1 fully saturated rings. The standard InChI is InChI=1S/C23H27N3O3/c1-28-22-5-3-2-4-19(22)17-23(27)24-20-6-7-21-18(16-20)8-9-26(21)11-10-25-12-14-29-15-13-25/h2-9,16H,10-15,17H2,1H3,(H,24,27). The third-order valence-electron chi connectivity index (χ3n) is 5.36. The van der Waals surface area contributed by atoms with E-state index in [9.17, 15) is 4.79 Å². The zero-order chi connectivity index (χ0) is 20.1. The van der Waals surface area contributed by atoms with Crippen molar-refractivity contribution in [1.29, 1.82) is 0 Å². The number of nitrogens with one attached hydrogen (secondary N) is 1. The molecular weight excluding hydrogens is 366 g/mol. The van der Waals surface area contributed by atoms with Crippen molar-refractivity contribution in [3.8, 4) is 5.75 Å². The number of ether oxygens (including phenoxy) is 2. The van der Waals surface area contributed by atoms with Crippen LogP contribution in [0, 0.1) is 0 Å². The van der Waals surface area contributed by atoms with Gasteiger partial charge in [-0.3, -0.25) is 9.69 Å². The minimum Gasteiger partial charge on any atom is -0.496 e. The number of carbonyl (C=O) groups excluding carboxylic acids is 1. The molecule has 1 N–H and O–H groups in total. The number of hydrogen-bond donors (Lipinski definition) is 1. The summed E-state index contributed by atoms with van der Waals surface area (Å²) in [6, 6.07) is 15.8. The van der Waals surface area contributed by atoms with Gasteiger partial charge in [0.2, 0.25) is 5.91 Å². The van der Waals surface area contributed by atoms with Gasteiger partial charge in [-0.2, -0.15) is 0 Å². The minimum atomic E-state index is -0.0550. The molecule has 3 aromatic rings. The van der Waals surface area contributed by atoms with E-state index in [1.165, 1.54) is 5.52 Å². The molecule has 0 saturated carbocycles. The first kappa shape index (κ1) is 19.5. The molecule has 29 heavy (non-hydrogen) atoms. The summed E-state index contributed by atoms with van der Waals surface area (Å²) in [4.78, 5) is 14.9. The fourth-order valence-electron chi connectivity index (χ4n) is 3.77. The highest BCUT2D eigenvalue weighted by atomic mass is 16.5. The summed E-state index contributed by atoms with van der Waals surface area (Å²) in [5.74, 6) is 0.677. The van der Waals surface area contributed by atoms with Gasteiger partial charge in [0.15, 0.2) is 0 Å². The Bertz CT molecular complexity index is 976. The number of hydrogen-bond acceptors (Lipinski definition) is 4. The van der Waals surface area contributed by atoms with Crippen LogP contribution in [0.5, 0.6) is 5.75 Å². The molecule has 6 nitrogen and oxygen atoms in total. The number of fused-ring (bicyclic) bond motifs is 1. The molecular formula is C23H27N3O3. The van der Waals surface area contributed by atoms with Crippen LogP contribution in [0.1, 0.15) is 5.56 Å². The van der Waals surface area contributed by atoms with E-state index < -0.39 is 0 Å². The fraction of sp³-hybridized carbons (Fsp3) is 0.348. The molecule has 0 atom stereocenters. The molecule has 1 saturated heterocycles. The number of benzene rings is 2. The Balaban J connectivity index is 1.39. The molecule has 1 aliphatic rings. The number of anilines is 1. The summed E-state index contributed by atoms with van der Waals surface area (Å²) in [6.07, 6.45) is 2.40. The maximum Gasteiger partial charge on any atom is 0.228 e. The molecule has 152 valence electrons. The van der Waals surface area contributed by atoms with Gasteiger partial charge in [0.05, 0.1) is 26.7 Å². The maximum atomic E-state index is 12.5. The molecule has 1 amide bonds. The van der Waals surface area contributed by atoms with Gasteiger partial charge in [0.25, 0.3) is 0 Å². The monoisotopic (exact) mass is 393 g/mol. The van der Waals surface area contributed by atoms with Gasteiger partial charge < -0.3 is 19.4 Å². The molecule has 0 aliphatic carbocycles. The number of morpholine rings is 1. The lowest BCUT2D eigenvalue weighted by atomic mass is 10.1. The first-order chi connectivity index (χ1) is 14.2. The zero-order valence-corrected chi connectivity index (χ0v) is 16.8. The highest BCUT2D eigenvalue weighted by molar-refractivity contribution is 5.95. The van der Waals surface area contributed by atoms with Crippen molar-refractivity contribution in [3.05, 3.63) is 60.3 Å². The van der Waals surface area contributed by atoms with E-state index in [-0.39, 0.29) is 12.3 Å². The quantitative estimate of drug-likeness (QED) is 0.670. The van der Waals surface area contributed by atoms with E-state index in [1.54, 1.807) is 7.11 Å². The third kappa shape index (κ3) is 4.78. The second kappa shape index (κ2) is 9.11. The van der Waals surface area contributed by atoms with E-state index >= 15 is 0 Å². The number of methoxy groups -OCH3 is 1. The number of carbonyl (C=O) groups is 1. The van der Waals surface area contributed by atoms with Crippen molar-refractivity contribution >= 4 is 22.5 Å². The first-order valence-corrected chi connectivity index (χ1v) is 10.0. The highest BCUT2D eigenvalue weighted by Crippen LogP contribution is 2.22. The van der Waals surface area contributed by atoms with Crippen molar-refractivity contribution in [2.24, 2.45) is 0 Å². The highest BCUT2D eigenvalue weighted by Gasteiger charge is 2.12. The molecule has 0 spiro atoms. The second-order valence-electron chi connectivity index (χ2n) is 7.27. The maximum absolute atomic E-state index is 12.5. The average Bonchev–Trinajstić information content (AvgIpc) is 3.15. The van der Waals surface area contributed by atoms with Crippen LogP contribution < -0.4 is 10.1 Å². The number of rotatable bonds is 7. The van der Waals surface area contributed by atoms with Gasteiger partial charge in [-0.05, 0) is 30.3 Å². The summed E-state index contributed by atoms with van der Waals surface area (Å²) in [5.41, 5.74) is 2.87. The van der Waals surface area contributed by atoms with E-state index in [0.717, 1.165) is 61.8 Å². The number of para-hydroxylation sites is 1. The van der Waals surface area contributed by atoms with Crippen LogP contribution in [0.2, 0.25) is 0 Å². The smallest absolute Gasteiger partial charge is 0.228 e. The van der Waals surface area contributed by atoms with Gasteiger partial charge in [0, 0.05) is 54.5 Å². The predicted molar refractivity (Wildman–Crippen MR) is 115 cm³/mol. The molecule has 2 aromatic carbocycles. The minimum absolute atomic E-state index is 0.0550. The van der Waals surface area contributed by atoms with Crippen LogP contribution in [0.15, 0.2) is 54.7 Å². The predicted octanol–water partition coefficient (Wildman–Crippen LogP) is 3.16. The van der Waals surface area contributed by atoms with Crippen LogP contribution in [0.4, 0.5) is 5.69 Å². The Morgan fingerprint density at radius 2 is 1.93 bits per heavy atom. The summed E-state index contributed by atoms with van der Waals surface area (Å²) < 4.78 is 13.0. The average molecular weight is 393 g/mol. The molecule has 0 radical (unpaired) electrons. The lowest BCUT2D eigenvalue weighted by Gasteiger charge is -2.26. The van der Waals surface area contributed by atoms with Crippen molar-refractivity contribution in [3.63, 3.8) is 0 Å². The summed E-state index contributed by atoms with van der Waals surface area (Å²) in [6.45, 7) is 5.62. The molecule has 6 heteroatoms. The van der Waals surface area contributed by atoms with E-state index in [2.05, 4.69) is 33.1 Å². The normalized spacial score (nSPS) is 14.8. The number of aromatic nitrogens is 1. The van der Waals surface area contributed by atoms with Crippen LogP contribution in [0.25, 0.3) is 10.9 Å². The number of amides is 1. The van der Waals surface area contributed by atoms with Gasteiger partial charge in [0.1, 0.15) is 5.75 Å². The lowest BCUT2D eigenvalue weighted by molar-refractivity contribution is -0.115. The lowest BCUT2D eigenvalue weighted by Crippen LogP contribution is -2.38. The Kier molecular flexibility index (Phi) is 6.12. The number of nitrogens with zero attached hydrogens (tertiary/aromatic N) is 2. The molecule has 1 aromatic heterocycles. The van der Waals surface area contributed by atoms with E-state index in [4.69, 9.17) is 9.47 Å². The Labute approximate surface area is 171 Å². The molecule has 1 aliphatic heterocycles. The van der Waals surface area contributed by atoms with Crippen molar-refractivity contribution in [2.45, 2.75) is 13.0 Å². The largest absolute Gasteiger partial charge is 0.496 e. The molecule has 4 rings (SSSR count). The SMILES string of the molecule is COc1ccccc1CC(=O)Nc1ccc2c(ccn2CCN2CCOCC2)c1. The summed E-state index contributed by atoms with van der Waals surface area (Å²) in [7, 11) is 1.62. The summed E-state index contributed by atoms with van der Waals surface area (Å²) in [5, 5.41) is 4.13. The van der Waals surface area contributed by atoms with Gasteiger partial charge >= 0.3 is 0 Å². The van der Waals surface area contributed by atoms with E-state index in [1.807, 2.05) is 36.4 Å². The fourth-order valence-corrected chi connectivity index (χ4v) is 3.77. The van der Waals surface area contributed by atoms with Crippen LogP contribution in [-0.4, -0.2) is 55.3 Å². The van der Waals surface area contributed by atoms with Crippen molar-refractivity contribution in [2.75, 3.05) is 45.3 Å². The van der Waals surface area contributed by atoms with Crippen molar-refractivity contribution in [1.82, 2.24) is 9.47 Å². The van der Waals surface area contributed by atoms with Gasteiger partial charge in [-0.25, -0.2) is 0 Å². The molecule has 0 unspecified atom stereocenters. The molecule has 0 bridgehead atoms. The topological polar surface area (TPSA) is 55.7 Å². The van der Waals surface area contributed by atoms with Gasteiger partial charge in [-0.15, -0.1) is 0 Å². The molecule has 2 heterocycles. The Morgan fingerprint density at radius 1 is 1.10 bits per heavy atom. The third-order valence-corrected chi connectivity index (χ3v) is 5.36. The summed E-state index contributed by atoms with van der Waals surface area (Å²) >= 11 is 0. The Morgan fingerprint density at radius 3 is 2.76 bits per heavy atom. The van der Waals surface area contributed by atoms with Crippen LogP contribution in [0.3, 0.4) is 0 Å². The van der Waals surface area contributed by atoms with Crippen LogP contribution >= 0.6 is 0 Å². The zero-order valence-electron chi connectivity index (χ0n) is 16.8. The first-order valence-electron chi connectivity index (χ1n) is 10.0. The van der Waals surface area contributed by atoms with Gasteiger partial charge in [-0.1, -0.05) is 18.2 Å². The Hall–Kier alpha value is -2.83. The van der Waals surface area contributed by atoms with E-state index in [0.29, 0.717) is 0 Å². The second-order valence-corrected chi connectivity index (χ2v) is 7.27. The van der Waals surface area contributed by atoms with Crippen molar-refractivity contribution < 1.29 is 14.3 Å². The van der Waals surface area contributed by atoms with Crippen LogP contribution in [-0.2, 0) is 22.5 Å².